The molecule has 0 fully saturated rings. The van der Waals surface area contributed by atoms with Gasteiger partial charge in [0.05, 0.1) is 11.8 Å². The maximum Gasteiger partial charge on any atom is 0.390 e. The van der Waals surface area contributed by atoms with E-state index in [4.69, 9.17) is 4.74 Å². The van der Waals surface area contributed by atoms with Crippen LogP contribution in [0, 0.1) is 0 Å². The predicted octanol–water partition coefficient (Wildman–Crippen LogP) is 4.18. The second-order valence-electron chi connectivity index (χ2n) is 7.49. The molecule has 0 saturated heterocycles. The molecule has 2 aromatic heterocycles. The summed E-state index contributed by atoms with van der Waals surface area (Å²) in [5, 5.41) is -0.269. The highest BCUT2D eigenvalue weighted by Gasteiger charge is 2.32. The minimum absolute atomic E-state index is 0.114. The van der Waals surface area contributed by atoms with E-state index in [9.17, 15) is 31.9 Å². The molecule has 0 radical (unpaired) electrons. The van der Waals surface area contributed by atoms with Crippen molar-refractivity contribution in [2.75, 3.05) is 0 Å². The Balaban J connectivity index is 2.87. The van der Waals surface area contributed by atoms with Gasteiger partial charge in [0.1, 0.15) is 21.5 Å². The van der Waals surface area contributed by atoms with E-state index in [0.29, 0.717) is 11.3 Å². The van der Waals surface area contributed by atoms with Crippen LogP contribution in [0.4, 0.5) is 17.6 Å². The molecule has 1 unspecified atom stereocenters. The van der Waals surface area contributed by atoms with E-state index < -0.39 is 48.1 Å². The molecule has 1 atom stereocenters. The fourth-order valence-electron chi connectivity index (χ4n) is 2.85. The molecule has 2 aromatic rings. The lowest BCUT2D eigenvalue weighted by atomic mass is 10.1. The quantitative estimate of drug-likeness (QED) is 0.519. The highest BCUT2D eigenvalue weighted by atomic mass is 32.1. The van der Waals surface area contributed by atoms with Gasteiger partial charge in [-0.1, -0.05) is 0 Å². The van der Waals surface area contributed by atoms with E-state index in [-0.39, 0.29) is 27.2 Å². The first-order chi connectivity index (χ1) is 13.2. The molecule has 0 spiro atoms. The molecule has 0 saturated carbocycles. The van der Waals surface area contributed by atoms with Crippen molar-refractivity contribution in [2.24, 2.45) is 0 Å². The van der Waals surface area contributed by atoms with Crippen LogP contribution in [0.5, 0.6) is 0 Å². The SMILES string of the molecule is CCn1c(=O)c2c(C(C)F)c(C(=O)OC(C)(C)C)sc2n(CCC(F)(F)F)c1=O. The van der Waals surface area contributed by atoms with Gasteiger partial charge < -0.3 is 4.74 Å². The van der Waals surface area contributed by atoms with Crippen LogP contribution < -0.4 is 11.2 Å². The zero-order valence-corrected chi connectivity index (χ0v) is 17.5. The molecule has 2 heterocycles. The van der Waals surface area contributed by atoms with Gasteiger partial charge in [-0.05, 0) is 34.6 Å². The number of halogens is 4. The van der Waals surface area contributed by atoms with Crippen LogP contribution in [0.15, 0.2) is 9.59 Å². The van der Waals surface area contributed by atoms with Crippen molar-refractivity contribution >= 4 is 27.5 Å². The second-order valence-corrected chi connectivity index (χ2v) is 8.49. The molecule has 162 valence electrons. The number of ether oxygens (including phenoxy) is 1. The third-order valence-corrected chi connectivity index (χ3v) is 5.22. The number of carbonyl (C=O) groups excluding carboxylic acids is 1. The van der Waals surface area contributed by atoms with Gasteiger partial charge in [-0.15, -0.1) is 11.3 Å². The van der Waals surface area contributed by atoms with Gasteiger partial charge >= 0.3 is 17.8 Å². The van der Waals surface area contributed by atoms with Crippen LogP contribution in [0.2, 0.25) is 0 Å². The van der Waals surface area contributed by atoms with E-state index in [1.165, 1.54) is 6.92 Å². The Morgan fingerprint density at radius 2 is 1.76 bits per heavy atom. The molecule has 0 aliphatic carbocycles. The Labute approximate surface area is 167 Å². The summed E-state index contributed by atoms with van der Waals surface area (Å²) in [6.07, 6.45) is -7.64. The Kier molecular flexibility index (Phi) is 6.32. The van der Waals surface area contributed by atoms with Gasteiger partial charge in [-0.25, -0.2) is 14.0 Å². The Hall–Kier alpha value is -2.17. The van der Waals surface area contributed by atoms with Gasteiger partial charge in [-0.2, -0.15) is 13.2 Å². The zero-order chi connectivity index (χ0) is 22.3. The number of carbonyl (C=O) groups is 1. The van der Waals surface area contributed by atoms with E-state index in [1.54, 1.807) is 20.8 Å². The molecule has 0 aliphatic rings. The van der Waals surface area contributed by atoms with Gasteiger partial charge in [0, 0.05) is 18.7 Å². The lowest BCUT2D eigenvalue weighted by Gasteiger charge is -2.19. The molecule has 29 heavy (non-hydrogen) atoms. The summed E-state index contributed by atoms with van der Waals surface area (Å²) in [5.41, 5.74) is -2.97. The van der Waals surface area contributed by atoms with Gasteiger partial charge in [0.25, 0.3) is 5.56 Å². The lowest BCUT2D eigenvalue weighted by molar-refractivity contribution is -0.136. The van der Waals surface area contributed by atoms with Gasteiger partial charge in [-0.3, -0.25) is 13.9 Å². The summed E-state index contributed by atoms with van der Waals surface area (Å²) in [7, 11) is 0. The molecule has 0 bridgehead atoms. The number of hydrogen-bond acceptors (Lipinski definition) is 5. The molecule has 0 N–H and O–H groups in total. The first kappa shape index (κ1) is 23.1. The largest absolute Gasteiger partial charge is 0.456 e. The number of aryl methyl sites for hydroxylation is 1. The maximum atomic E-state index is 14.5. The van der Waals surface area contributed by atoms with Crippen LogP contribution in [-0.2, 0) is 17.8 Å². The Morgan fingerprint density at radius 3 is 2.21 bits per heavy atom. The van der Waals surface area contributed by atoms with E-state index in [1.807, 2.05) is 0 Å². The van der Waals surface area contributed by atoms with Gasteiger partial charge in [0.15, 0.2) is 0 Å². The molecule has 0 aromatic carbocycles. The topological polar surface area (TPSA) is 70.3 Å². The predicted molar refractivity (Wildman–Crippen MR) is 101 cm³/mol. The first-order valence-electron chi connectivity index (χ1n) is 8.92. The average Bonchev–Trinajstić information content (AvgIpc) is 2.93. The lowest BCUT2D eigenvalue weighted by Crippen LogP contribution is -2.40. The van der Waals surface area contributed by atoms with Crippen molar-refractivity contribution in [3.05, 3.63) is 31.3 Å². The van der Waals surface area contributed by atoms with Crippen molar-refractivity contribution in [3.63, 3.8) is 0 Å². The van der Waals surface area contributed by atoms with Gasteiger partial charge in [0.2, 0.25) is 0 Å². The third-order valence-electron chi connectivity index (χ3n) is 4.01. The van der Waals surface area contributed by atoms with Crippen LogP contribution in [0.1, 0.15) is 62.4 Å². The van der Waals surface area contributed by atoms with Crippen LogP contribution in [0.3, 0.4) is 0 Å². The highest BCUT2D eigenvalue weighted by molar-refractivity contribution is 7.20. The number of nitrogens with zero attached hydrogens (tertiary/aromatic N) is 2. The van der Waals surface area contributed by atoms with Crippen LogP contribution >= 0.6 is 11.3 Å². The fourth-order valence-corrected chi connectivity index (χ4v) is 4.12. The molecule has 0 aliphatic heterocycles. The van der Waals surface area contributed by atoms with Crippen molar-refractivity contribution in [2.45, 2.75) is 72.1 Å². The summed E-state index contributed by atoms with van der Waals surface area (Å²) in [4.78, 5) is 37.6. The number of alkyl halides is 4. The van der Waals surface area contributed by atoms with Crippen LogP contribution in [-0.4, -0.2) is 26.9 Å². The fraction of sp³-hybridized carbons (Fsp3) is 0.611. The Morgan fingerprint density at radius 1 is 1.17 bits per heavy atom. The first-order valence-corrected chi connectivity index (χ1v) is 9.73. The van der Waals surface area contributed by atoms with E-state index in [0.717, 1.165) is 16.1 Å². The normalized spacial score (nSPS) is 13.7. The smallest absolute Gasteiger partial charge is 0.390 e. The molecule has 0 amide bonds. The summed E-state index contributed by atoms with van der Waals surface area (Å²) in [5.74, 6) is -0.907. The highest BCUT2D eigenvalue weighted by Crippen LogP contribution is 2.36. The average molecular weight is 438 g/mol. The van der Waals surface area contributed by atoms with Crippen molar-refractivity contribution < 1.29 is 27.1 Å². The summed E-state index contributed by atoms with van der Waals surface area (Å²) in [6, 6.07) is 0. The molecule has 11 heteroatoms. The maximum absolute atomic E-state index is 14.5. The number of fused-ring (bicyclic) bond motifs is 1. The summed E-state index contributed by atoms with van der Waals surface area (Å²) >= 11 is 0.593. The summed E-state index contributed by atoms with van der Waals surface area (Å²) in [6.45, 7) is 6.50. The summed E-state index contributed by atoms with van der Waals surface area (Å²) < 4.78 is 59.5. The standard InChI is InChI=1S/C18H22F4N2O4S/c1-6-23-13(25)11-10(9(2)19)12(15(26)28-17(3,4)5)29-14(11)24(16(23)27)8-7-18(20,21)22/h9H,6-8H2,1-5H3. The number of rotatable bonds is 5. The number of aromatic nitrogens is 2. The number of thiophene rings is 1. The molecule has 6 nitrogen and oxygen atoms in total. The molecular weight excluding hydrogens is 416 g/mol. The Bertz CT molecular complexity index is 1040. The minimum Gasteiger partial charge on any atom is -0.456 e. The van der Waals surface area contributed by atoms with Crippen LogP contribution in [0.25, 0.3) is 10.2 Å². The zero-order valence-electron chi connectivity index (χ0n) is 16.6. The third kappa shape index (κ3) is 4.88. The van der Waals surface area contributed by atoms with Crippen molar-refractivity contribution in [3.8, 4) is 0 Å². The second kappa shape index (κ2) is 7.92. The van der Waals surface area contributed by atoms with Crippen molar-refractivity contribution in [1.82, 2.24) is 9.13 Å². The number of hydrogen-bond donors (Lipinski definition) is 0. The molecule has 2 rings (SSSR count). The minimum atomic E-state index is -4.54. The monoisotopic (exact) mass is 438 g/mol. The van der Waals surface area contributed by atoms with E-state index in [2.05, 4.69) is 0 Å². The molecular formula is C18H22F4N2O4S. The number of esters is 1. The van der Waals surface area contributed by atoms with Crippen molar-refractivity contribution in [1.29, 1.82) is 0 Å². The van der Waals surface area contributed by atoms with E-state index >= 15 is 0 Å².